The Morgan fingerprint density at radius 1 is 0.771 bits per heavy atom. The summed E-state index contributed by atoms with van der Waals surface area (Å²) < 4.78 is 2.29. The van der Waals surface area contributed by atoms with Crippen LogP contribution in [0.4, 0.5) is 0 Å². The molecule has 0 atom stereocenters. The zero-order chi connectivity index (χ0) is 24.7. The zero-order valence-corrected chi connectivity index (χ0v) is 19.3. The third-order valence-electron chi connectivity index (χ3n) is 6.03. The summed E-state index contributed by atoms with van der Waals surface area (Å²) >= 11 is 0. The molecule has 0 aliphatic carbocycles. The van der Waals surface area contributed by atoms with E-state index in [4.69, 9.17) is 0 Å². The predicted octanol–water partition coefficient (Wildman–Crippen LogP) is 3.74. The van der Waals surface area contributed by atoms with Crippen molar-refractivity contribution in [3.63, 3.8) is 0 Å². The summed E-state index contributed by atoms with van der Waals surface area (Å²) in [6, 6.07) is 23.4. The van der Waals surface area contributed by atoms with Gasteiger partial charge in [-0.15, -0.1) is 0 Å². The molecule has 2 aromatic heterocycles. The van der Waals surface area contributed by atoms with Crippen molar-refractivity contribution in [1.29, 1.82) is 0 Å². The van der Waals surface area contributed by atoms with Crippen molar-refractivity contribution < 1.29 is 5.11 Å². The van der Waals surface area contributed by atoms with Crippen LogP contribution >= 0.6 is 0 Å². The van der Waals surface area contributed by atoms with Gasteiger partial charge < -0.3 is 10.1 Å². The lowest BCUT2D eigenvalue weighted by Gasteiger charge is -2.16. The number of aromatic nitrogens is 3. The zero-order valence-electron chi connectivity index (χ0n) is 19.3. The normalized spacial score (nSPS) is 11.1. The fraction of sp³-hybridized carbons (Fsp3) is 0.107. The van der Waals surface area contributed by atoms with E-state index in [-0.39, 0.29) is 23.0 Å². The highest BCUT2D eigenvalue weighted by molar-refractivity contribution is 5.84. The lowest BCUT2D eigenvalue weighted by Crippen LogP contribution is -2.39. The first-order valence-corrected chi connectivity index (χ1v) is 11.2. The van der Waals surface area contributed by atoms with Gasteiger partial charge in [0.15, 0.2) is 0 Å². The van der Waals surface area contributed by atoms with Crippen LogP contribution in [0.3, 0.4) is 0 Å². The molecule has 5 rings (SSSR count). The number of hydrogen-bond acceptors (Lipinski definition) is 4. The quantitative estimate of drug-likeness (QED) is 0.423. The predicted molar refractivity (Wildman–Crippen MR) is 136 cm³/mol. The molecule has 0 spiro atoms. The fourth-order valence-corrected chi connectivity index (χ4v) is 4.35. The van der Waals surface area contributed by atoms with Crippen LogP contribution in [0, 0.1) is 13.8 Å². The van der Waals surface area contributed by atoms with Gasteiger partial charge in [0.25, 0.3) is 11.1 Å². The van der Waals surface area contributed by atoms with Crippen molar-refractivity contribution in [2.45, 2.75) is 20.3 Å². The minimum atomic E-state index is -0.706. The number of aryl methyl sites for hydroxylation is 2. The molecule has 7 nitrogen and oxygen atoms in total. The van der Waals surface area contributed by atoms with Crippen LogP contribution < -0.4 is 16.8 Å². The smallest absolute Gasteiger partial charge is 0.341 e. The van der Waals surface area contributed by atoms with Crippen molar-refractivity contribution in [2.75, 3.05) is 0 Å². The van der Waals surface area contributed by atoms with E-state index in [0.717, 1.165) is 21.3 Å². The van der Waals surface area contributed by atoms with Crippen molar-refractivity contribution in [2.24, 2.45) is 0 Å². The molecule has 174 valence electrons. The maximum absolute atomic E-state index is 13.7. The lowest BCUT2D eigenvalue weighted by molar-refractivity contribution is 0.473. The summed E-state index contributed by atoms with van der Waals surface area (Å²) in [6.07, 6.45) is 0.130. The Labute approximate surface area is 200 Å². The Bertz CT molecular complexity index is 1760. The lowest BCUT2D eigenvalue weighted by atomic mass is 10.0. The van der Waals surface area contributed by atoms with E-state index in [1.54, 1.807) is 36.4 Å². The van der Waals surface area contributed by atoms with Gasteiger partial charge in [-0.05, 0) is 54.8 Å². The number of hydrogen-bond donors (Lipinski definition) is 2. The van der Waals surface area contributed by atoms with Crippen molar-refractivity contribution in [1.82, 2.24) is 14.1 Å². The standard InChI is InChI=1S/C28H23N3O4/c1-17-8-6-12-20(14-17)30-25-23(27(34)31(28(30)35)21-13-7-9-18(2)15-21)24(32)22(26(33)29-25)16-19-10-4-3-5-11-19/h3-15H,16H2,1-2H3,(H2,29,32,33). The monoisotopic (exact) mass is 465 g/mol. The van der Waals surface area contributed by atoms with E-state index in [1.807, 2.05) is 56.3 Å². The summed E-state index contributed by atoms with van der Waals surface area (Å²) in [4.78, 5) is 43.3. The highest BCUT2D eigenvalue weighted by atomic mass is 16.3. The molecule has 0 aliphatic heterocycles. The van der Waals surface area contributed by atoms with Crippen molar-refractivity contribution in [3.8, 4) is 17.1 Å². The number of fused-ring (bicyclic) bond motifs is 1. The molecule has 0 saturated carbocycles. The second kappa shape index (κ2) is 8.61. The maximum atomic E-state index is 13.7. The number of aromatic hydroxyl groups is 1. The van der Waals surface area contributed by atoms with E-state index in [0.29, 0.717) is 11.4 Å². The molecule has 35 heavy (non-hydrogen) atoms. The molecule has 0 fully saturated rings. The minimum absolute atomic E-state index is 0.0474. The summed E-state index contributed by atoms with van der Waals surface area (Å²) in [5.41, 5.74) is 1.50. The summed E-state index contributed by atoms with van der Waals surface area (Å²) in [5.74, 6) is -0.430. The van der Waals surface area contributed by atoms with Gasteiger partial charge in [-0.3, -0.25) is 9.59 Å². The summed E-state index contributed by atoms with van der Waals surface area (Å²) in [5, 5.41) is 11.1. The second-order valence-corrected chi connectivity index (χ2v) is 8.60. The molecule has 0 unspecified atom stereocenters. The van der Waals surface area contributed by atoms with E-state index < -0.39 is 22.6 Å². The molecule has 2 heterocycles. The molecule has 2 N–H and O–H groups in total. The number of benzene rings is 3. The second-order valence-electron chi connectivity index (χ2n) is 8.60. The van der Waals surface area contributed by atoms with E-state index in [1.165, 1.54) is 4.57 Å². The topological polar surface area (TPSA) is 97.1 Å². The van der Waals surface area contributed by atoms with Gasteiger partial charge in [-0.1, -0.05) is 54.6 Å². The van der Waals surface area contributed by atoms with E-state index in [9.17, 15) is 19.5 Å². The molecular formula is C28H23N3O4. The van der Waals surface area contributed by atoms with Crippen LogP contribution in [0.25, 0.3) is 22.4 Å². The molecule has 0 aliphatic rings. The number of nitrogens with zero attached hydrogens (tertiary/aromatic N) is 2. The first-order valence-electron chi connectivity index (χ1n) is 11.2. The molecule has 0 bridgehead atoms. The molecule has 3 aromatic carbocycles. The largest absolute Gasteiger partial charge is 0.506 e. The Kier molecular flexibility index (Phi) is 5.45. The number of aromatic amines is 1. The number of nitrogens with one attached hydrogen (secondary N) is 1. The number of H-pyrrole nitrogens is 1. The summed E-state index contributed by atoms with van der Waals surface area (Å²) in [7, 11) is 0. The van der Waals surface area contributed by atoms with Crippen molar-refractivity contribution in [3.05, 3.63) is 132 Å². The van der Waals surface area contributed by atoms with Gasteiger partial charge in [0.2, 0.25) is 0 Å². The maximum Gasteiger partial charge on any atom is 0.341 e. The molecule has 5 aromatic rings. The Hall–Kier alpha value is -4.65. The Morgan fingerprint density at radius 3 is 1.97 bits per heavy atom. The van der Waals surface area contributed by atoms with Gasteiger partial charge in [0.05, 0.1) is 16.9 Å². The Morgan fingerprint density at radius 2 is 1.37 bits per heavy atom. The van der Waals surface area contributed by atoms with Crippen LogP contribution in [-0.2, 0) is 6.42 Å². The van der Waals surface area contributed by atoms with Crippen molar-refractivity contribution >= 4 is 11.0 Å². The van der Waals surface area contributed by atoms with Gasteiger partial charge >= 0.3 is 5.69 Å². The number of rotatable bonds is 4. The van der Waals surface area contributed by atoms with Crippen LogP contribution in [0.15, 0.2) is 93.2 Å². The summed E-state index contributed by atoms with van der Waals surface area (Å²) in [6.45, 7) is 3.74. The molecule has 0 amide bonds. The van der Waals surface area contributed by atoms with Gasteiger partial charge in [-0.2, -0.15) is 0 Å². The van der Waals surface area contributed by atoms with Gasteiger partial charge in [-0.25, -0.2) is 13.9 Å². The highest BCUT2D eigenvalue weighted by Crippen LogP contribution is 2.25. The molecule has 0 saturated heterocycles. The van der Waals surface area contributed by atoms with Crippen LogP contribution in [-0.4, -0.2) is 19.2 Å². The SMILES string of the molecule is Cc1cccc(-n2c(=O)c3c(O)c(Cc4ccccc4)c(=O)[nH]c3n(-c3cccc(C)c3)c2=O)c1. The van der Waals surface area contributed by atoms with Crippen LogP contribution in [0.2, 0.25) is 0 Å². The highest BCUT2D eigenvalue weighted by Gasteiger charge is 2.23. The Balaban J connectivity index is 1.92. The fourth-order valence-electron chi connectivity index (χ4n) is 4.35. The van der Waals surface area contributed by atoms with Crippen LogP contribution in [0.1, 0.15) is 22.3 Å². The van der Waals surface area contributed by atoms with E-state index >= 15 is 0 Å². The average molecular weight is 466 g/mol. The van der Waals surface area contributed by atoms with Gasteiger partial charge in [0, 0.05) is 6.42 Å². The minimum Gasteiger partial charge on any atom is -0.506 e. The third-order valence-corrected chi connectivity index (χ3v) is 6.03. The van der Waals surface area contributed by atoms with E-state index in [2.05, 4.69) is 4.98 Å². The van der Waals surface area contributed by atoms with Gasteiger partial charge in [0.1, 0.15) is 16.8 Å². The molecule has 0 radical (unpaired) electrons. The number of pyridine rings is 1. The molecular weight excluding hydrogens is 442 g/mol. The first kappa shape index (κ1) is 22.2. The average Bonchev–Trinajstić information content (AvgIpc) is 2.82. The molecule has 7 heteroatoms. The van der Waals surface area contributed by atoms with Crippen LogP contribution in [0.5, 0.6) is 5.75 Å². The first-order chi connectivity index (χ1) is 16.8. The third kappa shape index (κ3) is 3.87.